The topological polar surface area (TPSA) is 38.0 Å². The molecule has 0 heterocycles. The molecule has 0 spiro atoms. The molecule has 0 bridgehead atoms. The number of anilines is 1. The van der Waals surface area contributed by atoms with Crippen LogP contribution >= 0.6 is 24.8 Å². The summed E-state index contributed by atoms with van der Waals surface area (Å²) in [5, 5.41) is 3.76. The molecule has 1 atom stereocenters. The lowest BCUT2D eigenvalue weighted by Crippen LogP contribution is -2.34. The summed E-state index contributed by atoms with van der Waals surface area (Å²) in [4.78, 5) is 0. The van der Waals surface area contributed by atoms with E-state index in [0.29, 0.717) is 6.04 Å². The van der Waals surface area contributed by atoms with Crippen LogP contribution in [0.2, 0.25) is 0 Å². The Bertz CT molecular complexity index is 643. The molecule has 24 heavy (non-hydrogen) atoms. The number of nitrogens with one attached hydrogen (secondary N) is 1. The Morgan fingerprint density at radius 3 is 2.54 bits per heavy atom. The Balaban J connectivity index is 0.00000144. The van der Waals surface area contributed by atoms with E-state index in [1.807, 2.05) is 6.07 Å². The molecule has 0 aromatic heterocycles. The first kappa shape index (κ1) is 20.8. The van der Waals surface area contributed by atoms with Crippen LogP contribution in [-0.4, -0.2) is 6.04 Å². The number of rotatable bonds is 5. The van der Waals surface area contributed by atoms with Gasteiger partial charge < -0.3 is 11.1 Å². The normalized spacial score (nSPS) is 15.8. The van der Waals surface area contributed by atoms with Gasteiger partial charge in [0.05, 0.1) is 0 Å². The van der Waals surface area contributed by atoms with E-state index in [1.165, 1.54) is 41.5 Å². The van der Waals surface area contributed by atoms with Gasteiger partial charge in [-0.25, -0.2) is 0 Å². The van der Waals surface area contributed by atoms with Crippen LogP contribution in [0.15, 0.2) is 42.5 Å². The lowest BCUT2D eigenvalue weighted by Gasteiger charge is -2.26. The highest BCUT2D eigenvalue weighted by Crippen LogP contribution is 2.24. The van der Waals surface area contributed by atoms with Crippen LogP contribution < -0.4 is 11.1 Å². The zero-order chi connectivity index (χ0) is 15.4. The van der Waals surface area contributed by atoms with Crippen LogP contribution in [-0.2, 0) is 25.8 Å². The molecule has 1 aliphatic rings. The maximum atomic E-state index is 5.93. The lowest BCUT2D eigenvalue weighted by molar-refractivity contribution is 0.457. The molecule has 0 saturated heterocycles. The summed E-state index contributed by atoms with van der Waals surface area (Å²) < 4.78 is 0. The summed E-state index contributed by atoms with van der Waals surface area (Å²) in [5.41, 5.74) is 12.6. The molecule has 3 rings (SSSR count). The van der Waals surface area contributed by atoms with E-state index in [0.717, 1.165) is 25.1 Å². The van der Waals surface area contributed by atoms with Gasteiger partial charge >= 0.3 is 0 Å². The Hall–Kier alpha value is -1.22. The van der Waals surface area contributed by atoms with Crippen molar-refractivity contribution < 1.29 is 0 Å². The van der Waals surface area contributed by atoms with Crippen molar-refractivity contribution in [1.82, 2.24) is 5.32 Å². The van der Waals surface area contributed by atoms with Crippen molar-refractivity contribution in [2.45, 2.75) is 51.6 Å². The summed E-state index contributed by atoms with van der Waals surface area (Å²) in [6.45, 7) is 3.21. The fourth-order valence-electron chi connectivity index (χ4n) is 3.45. The van der Waals surface area contributed by atoms with Gasteiger partial charge in [-0.15, -0.1) is 24.8 Å². The Morgan fingerprint density at radius 1 is 1.04 bits per heavy atom. The molecular formula is C20H28Cl2N2. The molecule has 4 heteroatoms. The van der Waals surface area contributed by atoms with Crippen LogP contribution in [0.1, 0.15) is 42.0 Å². The molecule has 2 aromatic carbocycles. The van der Waals surface area contributed by atoms with Crippen LogP contribution in [0.5, 0.6) is 0 Å². The SMILES string of the molecule is CCCc1ccccc1CNC1CCc2ccc(N)cc2C1.Cl.Cl. The van der Waals surface area contributed by atoms with Gasteiger partial charge in [0.25, 0.3) is 0 Å². The number of fused-ring (bicyclic) bond motifs is 1. The molecule has 132 valence electrons. The van der Waals surface area contributed by atoms with E-state index in [-0.39, 0.29) is 24.8 Å². The molecule has 3 N–H and O–H groups in total. The van der Waals surface area contributed by atoms with E-state index >= 15 is 0 Å². The molecule has 0 radical (unpaired) electrons. The second kappa shape index (κ2) is 9.93. The predicted molar refractivity (Wildman–Crippen MR) is 108 cm³/mol. The molecule has 1 unspecified atom stereocenters. The smallest absolute Gasteiger partial charge is 0.0316 e. The van der Waals surface area contributed by atoms with E-state index in [9.17, 15) is 0 Å². The number of hydrogen-bond donors (Lipinski definition) is 2. The average molecular weight is 367 g/mol. The maximum Gasteiger partial charge on any atom is 0.0316 e. The number of aryl methyl sites for hydroxylation is 2. The van der Waals surface area contributed by atoms with Crippen molar-refractivity contribution in [3.63, 3.8) is 0 Å². The lowest BCUT2D eigenvalue weighted by atomic mass is 9.88. The zero-order valence-electron chi connectivity index (χ0n) is 14.3. The number of hydrogen-bond acceptors (Lipinski definition) is 2. The number of nitrogen functional groups attached to an aromatic ring is 1. The third-order valence-corrected chi connectivity index (χ3v) is 4.68. The van der Waals surface area contributed by atoms with Crippen LogP contribution in [0.25, 0.3) is 0 Å². The van der Waals surface area contributed by atoms with Gasteiger partial charge in [0.2, 0.25) is 0 Å². The van der Waals surface area contributed by atoms with Gasteiger partial charge in [-0.1, -0.05) is 43.7 Å². The maximum absolute atomic E-state index is 5.93. The highest BCUT2D eigenvalue weighted by molar-refractivity contribution is 5.85. The fraction of sp³-hybridized carbons (Fsp3) is 0.400. The minimum absolute atomic E-state index is 0. The van der Waals surface area contributed by atoms with Gasteiger partial charge in [0, 0.05) is 18.3 Å². The molecule has 0 saturated carbocycles. The van der Waals surface area contributed by atoms with Crippen molar-refractivity contribution in [3.05, 3.63) is 64.7 Å². The van der Waals surface area contributed by atoms with Crippen molar-refractivity contribution >= 4 is 30.5 Å². The molecule has 1 aliphatic carbocycles. The van der Waals surface area contributed by atoms with Crippen LogP contribution in [0.3, 0.4) is 0 Å². The molecule has 2 nitrogen and oxygen atoms in total. The van der Waals surface area contributed by atoms with Crippen LogP contribution in [0, 0.1) is 0 Å². The molecular weight excluding hydrogens is 339 g/mol. The quantitative estimate of drug-likeness (QED) is 0.751. The summed E-state index contributed by atoms with van der Waals surface area (Å²) in [7, 11) is 0. The molecule has 2 aromatic rings. The van der Waals surface area contributed by atoms with E-state index in [1.54, 1.807) is 0 Å². The van der Waals surface area contributed by atoms with E-state index < -0.39 is 0 Å². The highest BCUT2D eigenvalue weighted by Gasteiger charge is 2.18. The zero-order valence-corrected chi connectivity index (χ0v) is 15.9. The van der Waals surface area contributed by atoms with Gasteiger partial charge in [0.1, 0.15) is 0 Å². The standard InChI is InChI=1S/C20H26N2.2ClH/c1-2-5-15-6-3-4-7-17(15)14-22-20-11-9-16-8-10-19(21)12-18(16)13-20;;/h3-4,6-8,10,12,20,22H,2,5,9,11,13-14,21H2,1H3;2*1H. The Kier molecular flexibility index (Phi) is 8.61. The van der Waals surface area contributed by atoms with Crippen LogP contribution in [0.4, 0.5) is 5.69 Å². The summed E-state index contributed by atoms with van der Waals surface area (Å²) in [6, 6.07) is 15.7. The first-order chi connectivity index (χ1) is 10.8. The van der Waals surface area contributed by atoms with Gasteiger partial charge in [-0.3, -0.25) is 0 Å². The number of benzene rings is 2. The first-order valence-electron chi connectivity index (χ1n) is 8.43. The summed E-state index contributed by atoms with van der Waals surface area (Å²) >= 11 is 0. The summed E-state index contributed by atoms with van der Waals surface area (Å²) in [6.07, 6.45) is 5.84. The molecule has 0 amide bonds. The van der Waals surface area contributed by atoms with Crippen molar-refractivity contribution in [1.29, 1.82) is 0 Å². The largest absolute Gasteiger partial charge is 0.399 e. The Morgan fingerprint density at radius 2 is 1.79 bits per heavy atom. The van der Waals surface area contributed by atoms with Gasteiger partial charge in [-0.2, -0.15) is 0 Å². The van der Waals surface area contributed by atoms with Crippen molar-refractivity contribution in [2.24, 2.45) is 0 Å². The minimum atomic E-state index is 0. The van der Waals surface area contributed by atoms with Crippen molar-refractivity contribution in [3.8, 4) is 0 Å². The Labute approximate surface area is 158 Å². The second-order valence-electron chi connectivity index (χ2n) is 6.37. The number of halogens is 2. The van der Waals surface area contributed by atoms with Gasteiger partial charge in [-0.05, 0) is 60.1 Å². The third-order valence-electron chi connectivity index (χ3n) is 4.68. The average Bonchev–Trinajstić information content (AvgIpc) is 2.54. The highest BCUT2D eigenvalue weighted by atomic mass is 35.5. The predicted octanol–water partition coefficient (Wildman–Crippen LogP) is 4.71. The first-order valence-corrected chi connectivity index (χ1v) is 8.43. The van der Waals surface area contributed by atoms with Crippen molar-refractivity contribution in [2.75, 3.05) is 5.73 Å². The molecule has 0 aliphatic heterocycles. The third kappa shape index (κ3) is 5.14. The summed E-state index contributed by atoms with van der Waals surface area (Å²) in [5.74, 6) is 0. The minimum Gasteiger partial charge on any atom is -0.399 e. The van der Waals surface area contributed by atoms with E-state index in [4.69, 9.17) is 5.73 Å². The second-order valence-corrected chi connectivity index (χ2v) is 6.37. The number of nitrogens with two attached hydrogens (primary N) is 1. The van der Waals surface area contributed by atoms with E-state index in [2.05, 4.69) is 48.6 Å². The monoisotopic (exact) mass is 366 g/mol. The molecule has 0 fully saturated rings. The van der Waals surface area contributed by atoms with Gasteiger partial charge in [0.15, 0.2) is 0 Å². The fourth-order valence-corrected chi connectivity index (χ4v) is 3.45.